The summed E-state index contributed by atoms with van der Waals surface area (Å²) in [6, 6.07) is 25.0. The van der Waals surface area contributed by atoms with Gasteiger partial charge in [-0.3, -0.25) is 9.80 Å². The fourth-order valence-corrected chi connectivity index (χ4v) is 3.73. The van der Waals surface area contributed by atoms with Crippen molar-refractivity contribution in [2.75, 3.05) is 26.2 Å². The van der Waals surface area contributed by atoms with Crippen molar-refractivity contribution < 1.29 is 0 Å². The molecule has 1 aromatic heterocycles. The molecule has 0 spiro atoms. The van der Waals surface area contributed by atoms with E-state index in [9.17, 15) is 5.26 Å². The normalized spacial score (nSPS) is 15.5. The minimum Gasteiger partial charge on any atom is -0.318 e. The summed E-state index contributed by atoms with van der Waals surface area (Å²) in [5.41, 5.74) is 4.28. The number of nitriles is 1. The maximum absolute atomic E-state index is 9.40. The van der Waals surface area contributed by atoms with Crippen molar-refractivity contribution in [2.24, 2.45) is 0 Å². The Morgan fingerprint density at radius 3 is 2.15 bits per heavy atom. The van der Waals surface area contributed by atoms with Crippen LogP contribution in [0.5, 0.6) is 0 Å². The zero-order valence-electron chi connectivity index (χ0n) is 15.5. The van der Waals surface area contributed by atoms with E-state index in [1.165, 1.54) is 11.3 Å². The van der Waals surface area contributed by atoms with Crippen LogP contribution in [-0.4, -0.2) is 40.5 Å². The van der Waals surface area contributed by atoms with Gasteiger partial charge in [0, 0.05) is 51.2 Å². The van der Waals surface area contributed by atoms with E-state index in [0.717, 1.165) is 45.0 Å². The molecule has 1 saturated heterocycles. The number of rotatable bonds is 5. The van der Waals surface area contributed by atoms with Crippen molar-refractivity contribution in [3.63, 3.8) is 0 Å². The average Bonchev–Trinajstić information content (AvgIpc) is 3.18. The van der Waals surface area contributed by atoms with Crippen LogP contribution < -0.4 is 0 Å². The third-order valence-electron chi connectivity index (χ3n) is 5.22. The fourth-order valence-electron chi connectivity index (χ4n) is 3.73. The Hall–Kier alpha value is -2.87. The zero-order chi connectivity index (χ0) is 18.5. The number of hydrogen-bond acceptors (Lipinski definition) is 3. The van der Waals surface area contributed by atoms with Gasteiger partial charge in [-0.15, -0.1) is 0 Å². The van der Waals surface area contributed by atoms with Gasteiger partial charge in [0.2, 0.25) is 0 Å². The van der Waals surface area contributed by atoms with Gasteiger partial charge in [-0.25, -0.2) is 0 Å². The fraction of sp³-hybridized carbons (Fsp3) is 0.261. The molecular formula is C23H24N4. The lowest BCUT2D eigenvalue weighted by Crippen LogP contribution is -2.45. The highest BCUT2D eigenvalue weighted by atomic mass is 15.3. The summed E-state index contributed by atoms with van der Waals surface area (Å²) in [6.45, 7) is 6.25. The number of hydrogen-bond donors (Lipinski definition) is 0. The molecule has 3 aromatic rings. The van der Waals surface area contributed by atoms with Gasteiger partial charge in [0.05, 0.1) is 11.3 Å². The van der Waals surface area contributed by atoms with Gasteiger partial charge < -0.3 is 4.57 Å². The second-order valence-corrected chi connectivity index (χ2v) is 7.04. The lowest BCUT2D eigenvalue weighted by atomic mass is 10.2. The van der Waals surface area contributed by atoms with E-state index in [-0.39, 0.29) is 0 Å². The lowest BCUT2D eigenvalue weighted by Gasteiger charge is -2.34. The van der Waals surface area contributed by atoms with Crippen molar-refractivity contribution in [2.45, 2.75) is 13.1 Å². The molecule has 4 rings (SSSR count). The van der Waals surface area contributed by atoms with E-state index < -0.39 is 0 Å². The minimum absolute atomic E-state index is 0.711. The van der Waals surface area contributed by atoms with Gasteiger partial charge in [0.25, 0.3) is 0 Å². The van der Waals surface area contributed by atoms with E-state index in [2.05, 4.69) is 69.1 Å². The molecule has 2 aromatic carbocycles. The molecular weight excluding hydrogens is 332 g/mol. The summed E-state index contributed by atoms with van der Waals surface area (Å²) in [5.74, 6) is 0. The molecule has 4 heteroatoms. The molecule has 2 heterocycles. The van der Waals surface area contributed by atoms with Crippen LogP contribution in [0.25, 0.3) is 5.69 Å². The Bertz CT molecular complexity index is 915. The highest BCUT2D eigenvalue weighted by Gasteiger charge is 2.18. The number of piperazine rings is 1. The Kier molecular flexibility index (Phi) is 5.34. The van der Waals surface area contributed by atoms with Crippen LogP contribution >= 0.6 is 0 Å². The van der Waals surface area contributed by atoms with Gasteiger partial charge in [-0.05, 0) is 29.8 Å². The largest absolute Gasteiger partial charge is 0.318 e. The highest BCUT2D eigenvalue weighted by molar-refractivity contribution is 5.49. The van der Waals surface area contributed by atoms with Crippen molar-refractivity contribution in [1.29, 1.82) is 5.26 Å². The second-order valence-electron chi connectivity index (χ2n) is 7.04. The van der Waals surface area contributed by atoms with Crippen LogP contribution in [0, 0.1) is 11.3 Å². The number of benzene rings is 2. The predicted molar refractivity (Wildman–Crippen MR) is 107 cm³/mol. The molecule has 0 radical (unpaired) electrons. The molecule has 0 amide bonds. The van der Waals surface area contributed by atoms with E-state index in [0.29, 0.717) is 5.56 Å². The lowest BCUT2D eigenvalue weighted by molar-refractivity contribution is 0.120. The van der Waals surface area contributed by atoms with Crippen molar-refractivity contribution in [3.8, 4) is 11.8 Å². The van der Waals surface area contributed by atoms with Gasteiger partial charge in [-0.1, -0.05) is 42.5 Å². The number of nitrogens with zero attached hydrogens (tertiary/aromatic N) is 4. The Morgan fingerprint density at radius 1 is 0.741 bits per heavy atom. The van der Waals surface area contributed by atoms with E-state index in [1.54, 1.807) is 0 Å². The molecule has 0 atom stereocenters. The maximum atomic E-state index is 9.40. The van der Waals surface area contributed by atoms with Crippen LogP contribution in [0.1, 0.15) is 16.8 Å². The molecule has 136 valence electrons. The molecule has 1 fully saturated rings. The SMILES string of the molecule is N#Cc1ccccc1-n1cccc1CN1CCN(Cc2ccccc2)CC1. The predicted octanol–water partition coefficient (Wildman–Crippen LogP) is 3.67. The molecule has 27 heavy (non-hydrogen) atoms. The molecule has 1 aliphatic rings. The molecule has 1 aliphatic heterocycles. The van der Waals surface area contributed by atoms with Crippen molar-refractivity contribution in [3.05, 3.63) is 89.7 Å². The molecule has 0 unspecified atom stereocenters. The van der Waals surface area contributed by atoms with Crippen molar-refractivity contribution in [1.82, 2.24) is 14.4 Å². The van der Waals surface area contributed by atoms with Gasteiger partial charge in [-0.2, -0.15) is 5.26 Å². The summed E-state index contributed by atoms with van der Waals surface area (Å²) >= 11 is 0. The standard InChI is InChI=1S/C23H24N4/c24-17-21-9-4-5-11-23(21)27-12-6-10-22(27)19-26-15-13-25(14-16-26)18-20-7-2-1-3-8-20/h1-12H,13-16,18-19H2. The topological polar surface area (TPSA) is 35.2 Å². The molecule has 0 saturated carbocycles. The molecule has 0 aliphatic carbocycles. The first-order valence-corrected chi connectivity index (χ1v) is 9.48. The summed E-state index contributed by atoms with van der Waals surface area (Å²) < 4.78 is 2.15. The minimum atomic E-state index is 0.711. The third kappa shape index (κ3) is 4.11. The van der Waals surface area contributed by atoms with Crippen LogP contribution in [0.4, 0.5) is 0 Å². The Morgan fingerprint density at radius 2 is 1.41 bits per heavy atom. The summed E-state index contributed by atoms with van der Waals surface area (Å²) in [7, 11) is 0. The maximum Gasteiger partial charge on any atom is 0.101 e. The van der Waals surface area contributed by atoms with Crippen LogP contribution in [0.3, 0.4) is 0 Å². The first kappa shape index (κ1) is 17.5. The van der Waals surface area contributed by atoms with Crippen LogP contribution in [0.15, 0.2) is 72.9 Å². The Labute approximate surface area is 160 Å². The quantitative estimate of drug-likeness (QED) is 0.700. The molecule has 4 nitrogen and oxygen atoms in total. The van der Waals surface area contributed by atoms with Gasteiger partial charge >= 0.3 is 0 Å². The zero-order valence-corrected chi connectivity index (χ0v) is 15.5. The van der Waals surface area contributed by atoms with Gasteiger partial charge in [0.1, 0.15) is 6.07 Å². The van der Waals surface area contributed by atoms with Crippen LogP contribution in [0.2, 0.25) is 0 Å². The van der Waals surface area contributed by atoms with E-state index >= 15 is 0 Å². The average molecular weight is 356 g/mol. The molecule has 0 N–H and O–H groups in total. The summed E-state index contributed by atoms with van der Waals surface area (Å²) in [5, 5.41) is 9.40. The third-order valence-corrected chi connectivity index (χ3v) is 5.22. The van der Waals surface area contributed by atoms with E-state index in [4.69, 9.17) is 0 Å². The number of aromatic nitrogens is 1. The smallest absolute Gasteiger partial charge is 0.101 e. The van der Waals surface area contributed by atoms with E-state index in [1.807, 2.05) is 24.3 Å². The van der Waals surface area contributed by atoms with Gasteiger partial charge in [0.15, 0.2) is 0 Å². The number of para-hydroxylation sites is 1. The highest BCUT2D eigenvalue weighted by Crippen LogP contribution is 2.19. The first-order valence-electron chi connectivity index (χ1n) is 9.48. The second kappa shape index (κ2) is 8.22. The summed E-state index contributed by atoms with van der Waals surface area (Å²) in [6.07, 6.45) is 2.05. The Balaban J connectivity index is 1.39. The molecule has 0 bridgehead atoms. The first-order chi connectivity index (χ1) is 13.3. The summed E-state index contributed by atoms with van der Waals surface area (Å²) in [4.78, 5) is 5.03. The van der Waals surface area contributed by atoms with Crippen LogP contribution in [-0.2, 0) is 13.1 Å². The monoisotopic (exact) mass is 356 g/mol. The van der Waals surface area contributed by atoms with Crippen molar-refractivity contribution >= 4 is 0 Å².